The number of benzene rings is 1. The van der Waals surface area contributed by atoms with Crippen molar-refractivity contribution in [1.82, 2.24) is 0 Å². The van der Waals surface area contributed by atoms with Crippen molar-refractivity contribution in [2.45, 2.75) is 26.9 Å². The lowest BCUT2D eigenvalue weighted by Gasteiger charge is -2.22. The van der Waals surface area contributed by atoms with Crippen LogP contribution in [0.4, 0.5) is 0 Å². The molecule has 1 aromatic rings. The highest BCUT2D eigenvalue weighted by atomic mass is 16.7. The van der Waals surface area contributed by atoms with Gasteiger partial charge in [0.25, 0.3) is 0 Å². The zero-order valence-electron chi connectivity index (χ0n) is 17.8. The van der Waals surface area contributed by atoms with Crippen LogP contribution in [0, 0.1) is 5.41 Å². The fourth-order valence-electron chi connectivity index (χ4n) is 0.997. The Kier molecular flexibility index (Phi) is 1.41. The summed E-state index contributed by atoms with van der Waals surface area (Å²) in [6.45, 7) is 1.87. The standard InChI is InChI=1S/C14H18O3/c1-14(2,3)13(15)7-5-10-4-6-11-12(8-10)17-9-16-11/h4-8,13,15H,9H2,1-3H3/b7-5+/i4D,5D,6D,7D,8D,9D2,13D. The molecule has 17 heavy (non-hydrogen) atoms. The number of aliphatic hydroxyl groups is 1. The summed E-state index contributed by atoms with van der Waals surface area (Å²) in [6.07, 6.45) is -2.48. The molecule has 0 aromatic heterocycles. The number of rotatable bonds is 2. The molecule has 2 rings (SSSR count). The molecule has 0 spiro atoms. The third kappa shape index (κ3) is 2.80. The van der Waals surface area contributed by atoms with Crippen LogP contribution < -0.4 is 9.47 Å². The van der Waals surface area contributed by atoms with Gasteiger partial charge in [-0.1, -0.05) is 38.9 Å². The molecule has 0 bridgehead atoms. The van der Waals surface area contributed by atoms with E-state index in [1.54, 1.807) is 0 Å². The van der Waals surface area contributed by atoms with E-state index in [0.717, 1.165) is 0 Å². The van der Waals surface area contributed by atoms with Gasteiger partial charge in [0.05, 0.1) is 14.3 Å². The highest BCUT2D eigenvalue weighted by Gasteiger charge is 2.19. The largest absolute Gasteiger partial charge is 0.454 e. The summed E-state index contributed by atoms with van der Waals surface area (Å²) < 4.78 is 72.4. The van der Waals surface area contributed by atoms with Gasteiger partial charge in [0, 0.05) is 0 Å². The molecule has 3 heteroatoms. The Morgan fingerprint density at radius 2 is 2.24 bits per heavy atom. The van der Waals surface area contributed by atoms with Crippen LogP contribution >= 0.6 is 0 Å². The van der Waals surface area contributed by atoms with Crippen molar-refractivity contribution in [3.63, 3.8) is 0 Å². The zero-order chi connectivity index (χ0) is 19.5. The van der Waals surface area contributed by atoms with E-state index in [4.69, 9.17) is 20.4 Å². The first-order valence-corrected chi connectivity index (χ1v) is 5.04. The number of fused-ring (bicyclic) bond motifs is 1. The summed E-state index contributed by atoms with van der Waals surface area (Å²) in [6, 6.07) is -3.50. The molecule has 1 unspecified atom stereocenters. The monoisotopic (exact) mass is 242 g/mol. The van der Waals surface area contributed by atoms with Gasteiger partial charge in [-0.25, -0.2) is 0 Å². The summed E-state index contributed by atoms with van der Waals surface area (Å²) in [5, 5.41) is 10.3. The van der Waals surface area contributed by atoms with E-state index in [0.29, 0.717) is 0 Å². The van der Waals surface area contributed by atoms with Crippen LogP contribution in [0.2, 0.25) is 0 Å². The van der Waals surface area contributed by atoms with Crippen LogP contribution in [-0.2, 0) is 0 Å². The molecule has 1 atom stereocenters. The van der Waals surface area contributed by atoms with Gasteiger partial charge in [-0.2, -0.15) is 0 Å². The van der Waals surface area contributed by atoms with Crippen LogP contribution in [0.5, 0.6) is 11.5 Å². The highest BCUT2D eigenvalue weighted by Crippen LogP contribution is 2.33. The van der Waals surface area contributed by atoms with Gasteiger partial charge in [0.15, 0.2) is 11.5 Å². The minimum atomic E-state index is -2.61. The van der Waals surface area contributed by atoms with Gasteiger partial charge in [0.1, 0.15) is 2.74 Å². The van der Waals surface area contributed by atoms with Crippen molar-refractivity contribution in [3.05, 3.63) is 29.7 Å². The third-order valence-corrected chi connectivity index (χ3v) is 2.05. The first-order valence-electron chi connectivity index (χ1n) is 9.04. The van der Waals surface area contributed by atoms with Crippen molar-refractivity contribution in [2.75, 3.05) is 6.75 Å². The Morgan fingerprint density at radius 3 is 2.94 bits per heavy atom. The number of ether oxygens (including phenoxy) is 2. The van der Waals surface area contributed by atoms with E-state index >= 15 is 0 Å². The van der Waals surface area contributed by atoms with Gasteiger partial charge in [-0.3, -0.25) is 0 Å². The summed E-state index contributed by atoms with van der Waals surface area (Å²) >= 11 is 0. The first kappa shape index (κ1) is 5.44. The van der Waals surface area contributed by atoms with Crippen LogP contribution in [0.3, 0.4) is 0 Å². The Balaban J connectivity index is 2.74. The molecule has 0 radical (unpaired) electrons. The molecule has 0 fully saturated rings. The average molecular weight is 242 g/mol. The molecule has 0 amide bonds. The normalized spacial score (nSPS) is 29.2. The van der Waals surface area contributed by atoms with E-state index < -0.39 is 65.5 Å². The fourth-order valence-corrected chi connectivity index (χ4v) is 0.997. The van der Waals surface area contributed by atoms with Gasteiger partial charge in [-0.15, -0.1) is 0 Å². The Morgan fingerprint density at radius 1 is 1.53 bits per heavy atom. The zero-order valence-corrected chi connectivity index (χ0v) is 9.76. The molecule has 1 N–H and O–H groups in total. The van der Waals surface area contributed by atoms with Gasteiger partial charge in [0.2, 0.25) is 6.75 Å². The lowest BCUT2D eigenvalue weighted by atomic mass is 9.89. The molecular formula is C14H18O3. The predicted octanol–water partition coefficient (Wildman–Crippen LogP) is 2.84. The van der Waals surface area contributed by atoms with E-state index in [9.17, 15) is 5.11 Å². The average Bonchev–Trinajstić information content (AvgIpc) is 2.79. The van der Waals surface area contributed by atoms with Gasteiger partial charge >= 0.3 is 0 Å². The summed E-state index contributed by atoms with van der Waals surface area (Å²) in [5.41, 5.74) is -1.64. The smallest absolute Gasteiger partial charge is 0.231 e. The Labute approximate surface area is 113 Å². The molecule has 1 aliphatic heterocycles. The van der Waals surface area contributed by atoms with Crippen molar-refractivity contribution in [2.24, 2.45) is 5.41 Å². The third-order valence-electron chi connectivity index (χ3n) is 2.05. The van der Waals surface area contributed by atoms with Gasteiger partial charge < -0.3 is 14.6 Å². The predicted molar refractivity (Wildman–Crippen MR) is 67.1 cm³/mol. The molecule has 1 heterocycles. The second-order valence-corrected chi connectivity index (χ2v) is 4.54. The minimum absolute atomic E-state index is 0.431. The maximum atomic E-state index is 10.3. The molecule has 1 aliphatic rings. The summed E-state index contributed by atoms with van der Waals surface area (Å²) in [4.78, 5) is 0. The van der Waals surface area contributed by atoms with E-state index in [1.165, 1.54) is 20.8 Å². The van der Waals surface area contributed by atoms with Crippen molar-refractivity contribution in [1.29, 1.82) is 0 Å². The van der Waals surface area contributed by atoms with Gasteiger partial charge in [-0.05, 0) is 23.1 Å². The molecule has 92 valence electrons. The van der Waals surface area contributed by atoms with E-state index in [2.05, 4.69) is 0 Å². The van der Waals surface area contributed by atoms with E-state index in [-0.39, 0.29) is 0 Å². The minimum Gasteiger partial charge on any atom is -0.454 e. The SMILES string of the molecule is [2H]/C(=C(/[2H])C([2H])(O)C(C)(C)C)c1c([2H])c([2H])c2c(c1[2H])OC([2H])([2H])O2. The molecule has 1 aromatic carbocycles. The topological polar surface area (TPSA) is 38.7 Å². The van der Waals surface area contributed by atoms with Crippen LogP contribution in [0.1, 0.15) is 37.3 Å². The second kappa shape index (κ2) is 4.41. The van der Waals surface area contributed by atoms with Crippen molar-refractivity contribution >= 4 is 6.05 Å². The lowest BCUT2D eigenvalue weighted by molar-refractivity contribution is 0.106. The van der Waals surface area contributed by atoms with Crippen LogP contribution in [-0.4, -0.2) is 17.9 Å². The highest BCUT2D eigenvalue weighted by molar-refractivity contribution is 5.56. The summed E-state index contributed by atoms with van der Waals surface area (Å²) in [5.74, 6) is -0.886. The molecule has 0 aliphatic carbocycles. The Hall–Kier alpha value is -1.48. The van der Waals surface area contributed by atoms with Crippen LogP contribution in [0.15, 0.2) is 24.2 Å². The Bertz CT molecular complexity index is 765. The second-order valence-electron chi connectivity index (χ2n) is 4.54. The maximum Gasteiger partial charge on any atom is 0.231 e. The molecular weight excluding hydrogens is 216 g/mol. The van der Waals surface area contributed by atoms with Crippen molar-refractivity contribution in [3.8, 4) is 11.5 Å². The van der Waals surface area contributed by atoms with E-state index in [1.807, 2.05) is 0 Å². The number of hydrogen-bond acceptors (Lipinski definition) is 3. The summed E-state index contributed by atoms with van der Waals surface area (Å²) in [7, 11) is 0. The lowest BCUT2D eigenvalue weighted by Crippen LogP contribution is -2.23. The molecule has 0 saturated heterocycles. The molecule has 0 saturated carbocycles. The fraction of sp³-hybridized carbons (Fsp3) is 0.429. The number of hydrogen-bond donors (Lipinski definition) is 1. The molecule has 3 nitrogen and oxygen atoms in total. The first-order chi connectivity index (χ1) is 11.1. The van der Waals surface area contributed by atoms with Crippen molar-refractivity contribution < 1.29 is 25.5 Å². The van der Waals surface area contributed by atoms with Crippen LogP contribution in [0.25, 0.3) is 6.05 Å². The maximum absolute atomic E-state index is 10.3. The quantitative estimate of drug-likeness (QED) is 0.866.